The maximum Gasteiger partial charge on any atom is 0.216 e. The molecular weight excluding hydrogens is 403 g/mol. The van der Waals surface area contributed by atoms with Crippen molar-refractivity contribution in [3.05, 3.63) is 89.4 Å². The second-order valence-electron chi connectivity index (χ2n) is 6.39. The SMILES string of the molecule is O=C1c2[nH]c3c(Cl)cccc3c(=O)c2C(=O)c2[nH]c3c(Cl)cccc3c(=O)c21. The number of halogens is 2. The van der Waals surface area contributed by atoms with E-state index in [0.29, 0.717) is 0 Å². The Kier molecular flexibility index (Phi) is 3.41. The van der Waals surface area contributed by atoms with Gasteiger partial charge in [-0.2, -0.15) is 0 Å². The third-order valence-electron chi connectivity index (χ3n) is 4.88. The number of H-pyrrole nitrogens is 2. The summed E-state index contributed by atoms with van der Waals surface area (Å²) in [6.07, 6.45) is 0. The molecule has 0 spiro atoms. The molecule has 0 unspecified atom stereocenters. The Morgan fingerprint density at radius 1 is 0.607 bits per heavy atom. The van der Waals surface area contributed by atoms with E-state index in [1.54, 1.807) is 24.3 Å². The van der Waals surface area contributed by atoms with Crippen molar-refractivity contribution in [1.29, 1.82) is 0 Å². The summed E-state index contributed by atoms with van der Waals surface area (Å²) >= 11 is 12.3. The Hall–Kier alpha value is -3.22. The summed E-state index contributed by atoms with van der Waals surface area (Å²) in [7, 11) is 0. The number of ketones is 2. The highest BCUT2D eigenvalue weighted by Crippen LogP contribution is 2.28. The molecule has 2 heterocycles. The number of aromatic nitrogens is 2. The molecule has 5 rings (SSSR count). The maximum absolute atomic E-state index is 13.1. The molecule has 6 nitrogen and oxygen atoms in total. The first kappa shape index (κ1) is 16.9. The molecule has 0 atom stereocenters. The minimum Gasteiger partial charge on any atom is -0.350 e. The molecule has 0 fully saturated rings. The van der Waals surface area contributed by atoms with Gasteiger partial charge < -0.3 is 9.97 Å². The summed E-state index contributed by atoms with van der Waals surface area (Å²) in [4.78, 5) is 57.6. The molecule has 28 heavy (non-hydrogen) atoms. The van der Waals surface area contributed by atoms with Gasteiger partial charge in [0.2, 0.25) is 22.4 Å². The first-order chi connectivity index (χ1) is 13.4. The van der Waals surface area contributed by atoms with Gasteiger partial charge in [0.05, 0.1) is 32.2 Å². The van der Waals surface area contributed by atoms with Crippen LogP contribution >= 0.6 is 23.2 Å². The predicted octanol–water partition coefficient (Wildman–Crippen LogP) is 3.45. The molecule has 0 saturated heterocycles. The van der Waals surface area contributed by atoms with Crippen LogP contribution in [0.15, 0.2) is 46.0 Å². The smallest absolute Gasteiger partial charge is 0.216 e. The predicted molar refractivity (Wildman–Crippen MR) is 106 cm³/mol. The number of carbonyl (C=O) groups excluding carboxylic acids is 2. The molecule has 2 aromatic heterocycles. The fourth-order valence-electron chi connectivity index (χ4n) is 3.58. The highest BCUT2D eigenvalue weighted by Gasteiger charge is 2.36. The number of nitrogens with one attached hydrogen (secondary N) is 2. The van der Waals surface area contributed by atoms with Gasteiger partial charge in [-0.25, -0.2) is 0 Å². The van der Waals surface area contributed by atoms with Crippen LogP contribution < -0.4 is 10.9 Å². The number of benzene rings is 2. The van der Waals surface area contributed by atoms with E-state index in [1.807, 2.05) is 0 Å². The number of pyridine rings is 2. The highest BCUT2D eigenvalue weighted by atomic mass is 35.5. The van der Waals surface area contributed by atoms with Crippen LogP contribution in [0.4, 0.5) is 0 Å². The highest BCUT2D eigenvalue weighted by molar-refractivity contribution is 6.36. The lowest BCUT2D eigenvalue weighted by Crippen LogP contribution is -2.34. The molecule has 136 valence electrons. The van der Waals surface area contributed by atoms with E-state index >= 15 is 0 Å². The number of aromatic amines is 2. The quantitative estimate of drug-likeness (QED) is 0.408. The zero-order valence-electron chi connectivity index (χ0n) is 13.9. The number of hydrogen-bond acceptors (Lipinski definition) is 4. The fraction of sp³-hybridized carbons (Fsp3) is 0. The summed E-state index contributed by atoms with van der Waals surface area (Å²) in [5.41, 5.74) is -1.92. The maximum atomic E-state index is 13.1. The molecule has 2 aromatic carbocycles. The average Bonchev–Trinajstić information content (AvgIpc) is 2.67. The molecule has 8 heteroatoms. The largest absolute Gasteiger partial charge is 0.350 e. The number of hydrogen-bond donors (Lipinski definition) is 2. The Balaban J connectivity index is 1.95. The first-order valence-corrected chi connectivity index (χ1v) is 8.94. The lowest BCUT2D eigenvalue weighted by Gasteiger charge is -2.18. The molecule has 0 bridgehead atoms. The zero-order chi connectivity index (χ0) is 19.7. The van der Waals surface area contributed by atoms with Gasteiger partial charge in [0.25, 0.3) is 0 Å². The molecule has 2 N–H and O–H groups in total. The standard InChI is InChI=1S/C20H8Cl2N2O4/c21-9-5-1-3-7-13(9)23-15-11(17(7)25)19(27)16-12(20(15)28)18(26)8-4-2-6-10(22)14(8)24-16/h1-6H,(H,23,25)(H,24,26). The topological polar surface area (TPSA) is 99.9 Å². The molecule has 0 radical (unpaired) electrons. The number of fused-ring (bicyclic) bond motifs is 4. The third kappa shape index (κ3) is 2.04. The van der Waals surface area contributed by atoms with E-state index in [0.717, 1.165) is 0 Å². The van der Waals surface area contributed by atoms with E-state index in [2.05, 4.69) is 9.97 Å². The van der Waals surface area contributed by atoms with Crippen molar-refractivity contribution in [2.45, 2.75) is 0 Å². The first-order valence-electron chi connectivity index (χ1n) is 8.18. The van der Waals surface area contributed by atoms with Gasteiger partial charge in [-0.1, -0.05) is 35.3 Å². The van der Waals surface area contributed by atoms with Crippen LogP contribution in [0.25, 0.3) is 21.8 Å². The zero-order valence-corrected chi connectivity index (χ0v) is 15.4. The molecule has 0 amide bonds. The van der Waals surface area contributed by atoms with E-state index in [1.165, 1.54) is 12.1 Å². The van der Waals surface area contributed by atoms with Crippen LogP contribution in [0, 0.1) is 0 Å². The van der Waals surface area contributed by atoms with Crippen molar-refractivity contribution in [3.63, 3.8) is 0 Å². The third-order valence-corrected chi connectivity index (χ3v) is 5.51. The van der Waals surface area contributed by atoms with Gasteiger partial charge in [-0.3, -0.25) is 19.2 Å². The molecule has 0 aliphatic heterocycles. The lowest BCUT2D eigenvalue weighted by atomic mass is 9.88. The number of carbonyl (C=O) groups is 2. The summed E-state index contributed by atoms with van der Waals surface area (Å²) in [5, 5.41) is 0.805. The van der Waals surface area contributed by atoms with Crippen molar-refractivity contribution in [2.24, 2.45) is 0 Å². The number of para-hydroxylation sites is 2. The monoisotopic (exact) mass is 410 g/mol. The van der Waals surface area contributed by atoms with Crippen molar-refractivity contribution in [1.82, 2.24) is 9.97 Å². The Morgan fingerprint density at radius 2 is 1.00 bits per heavy atom. The van der Waals surface area contributed by atoms with Crippen molar-refractivity contribution >= 4 is 56.6 Å². The molecule has 0 saturated carbocycles. The van der Waals surface area contributed by atoms with E-state index < -0.39 is 22.4 Å². The molecule has 1 aliphatic carbocycles. The second-order valence-corrected chi connectivity index (χ2v) is 7.21. The fourth-order valence-corrected chi connectivity index (χ4v) is 4.02. The van der Waals surface area contributed by atoms with Crippen LogP contribution in [0.1, 0.15) is 32.1 Å². The second kappa shape index (κ2) is 5.64. The molecule has 1 aliphatic rings. The minimum absolute atomic E-state index is 0.178. The van der Waals surface area contributed by atoms with E-state index in [-0.39, 0.29) is 54.4 Å². The van der Waals surface area contributed by atoms with Gasteiger partial charge in [-0.15, -0.1) is 0 Å². The Morgan fingerprint density at radius 3 is 1.39 bits per heavy atom. The normalized spacial score (nSPS) is 13.1. The van der Waals surface area contributed by atoms with Gasteiger partial charge in [0.1, 0.15) is 11.4 Å². The Bertz CT molecular complexity index is 1400. The van der Waals surface area contributed by atoms with Crippen molar-refractivity contribution < 1.29 is 9.59 Å². The van der Waals surface area contributed by atoms with Crippen LogP contribution in [0.3, 0.4) is 0 Å². The van der Waals surface area contributed by atoms with Crippen molar-refractivity contribution in [2.75, 3.05) is 0 Å². The average molecular weight is 411 g/mol. The Labute approximate surface area is 165 Å². The van der Waals surface area contributed by atoms with Crippen molar-refractivity contribution in [3.8, 4) is 0 Å². The summed E-state index contributed by atoms with van der Waals surface area (Å²) in [6, 6.07) is 9.27. The van der Waals surface area contributed by atoms with Gasteiger partial charge in [0.15, 0.2) is 0 Å². The van der Waals surface area contributed by atoms with Crippen LogP contribution in [-0.2, 0) is 0 Å². The van der Waals surface area contributed by atoms with E-state index in [4.69, 9.17) is 23.2 Å². The summed E-state index contributed by atoms with van der Waals surface area (Å²) < 4.78 is 0. The van der Waals surface area contributed by atoms with E-state index in [9.17, 15) is 19.2 Å². The summed E-state index contributed by atoms with van der Waals surface area (Å²) in [6.45, 7) is 0. The van der Waals surface area contributed by atoms with Gasteiger partial charge >= 0.3 is 0 Å². The lowest BCUT2D eigenvalue weighted by molar-refractivity contribution is 0.0971. The van der Waals surface area contributed by atoms with Gasteiger partial charge in [0, 0.05) is 10.8 Å². The van der Waals surface area contributed by atoms with Crippen LogP contribution in [0.2, 0.25) is 10.0 Å². The molecule has 4 aromatic rings. The minimum atomic E-state index is -0.744. The summed E-state index contributed by atoms with van der Waals surface area (Å²) in [5.74, 6) is -1.49. The van der Waals surface area contributed by atoms with Crippen LogP contribution in [0.5, 0.6) is 0 Å². The number of rotatable bonds is 0. The molecular formula is C20H8Cl2N2O4. The van der Waals surface area contributed by atoms with Gasteiger partial charge in [-0.05, 0) is 24.3 Å². The van der Waals surface area contributed by atoms with Crippen LogP contribution in [-0.4, -0.2) is 21.5 Å².